The Bertz CT molecular complexity index is 809. The highest BCUT2D eigenvalue weighted by molar-refractivity contribution is 7.15. The molecule has 0 amide bonds. The number of thiazole rings is 1. The molecule has 3 aromatic rings. The third-order valence-electron chi connectivity index (χ3n) is 3.00. The van der Waals surface area contributed by atoms with Crippen molar-refractivity contribution >= 4 is 34.4 Å². The van der Waals surface area contributed by atoms with Crippen molar-refractivity contribution in [3.05, 3.63) is 45.6 Å². The molecule has 3 rings (SSSR count). The van der Waals surface area contributed by atoms with Crippen LogP contribution < -0.4 is 4.40 Å². The summed E-state index contributed by atoms with van der Waals surface area (Å²) < 4.78 is 3.80. The predicted octanol–water partition coefficient (Wildman–Crippen LogP) is 2.29. The normalized spacial score (nSPS) is 11.1. The molecule has 0 aliphatic rings. The molecule has 0 saturated heterocycles. The molecule has 0 bridgehead atoms. The minimum Gasteiger partial charge on any atom is -0.474 e. The molecule has 7 heteroatoms. The van der Waals surface area contributed by atoms with E-state index in [0.29, 0.717) is 11.0 Å². The van der Waals surface area contributed by atoms with E-state index >= 15 is 0 Å². The smallest absolute Gasteiger partial charge is 0.339 e. The molecule has 102 valence electrons. The first-order chi connectivity index (χ1) is 9.58. The van der Waals surface area contributed by atoms with E-state index in [1.54, 1.807) is 27.4 Å². The van der Waals surface area contributed by atoms with E-state index in [9.17, 15) is 9.90 Å². The van der Waals surface area contributed by atoms with Gasteiger partial charge in [-0.1, -0.05) is 17.7 Å². The van der Waals surface area contributed by atoms with Gasteiger partial charge >= 0.3 is 5.88 Å². The van der Waals surface area contributed by atoms with Crippen LogP contribution in [0.5, 0.6) is 5.88 Å². The fourth-order valence-electron chi connectivity index (χ4n) is 2.20. The van der Waals surface area contributed by atoms with E-state index in [4.69, 9.17) is 11.6 Å². The van der Waals surface area contributed by atoms with Gasteiger partial charge in [-0.2, -0.15) is 4.40 Å². The molecule has 0 aliphatic carbocycles. The largest absolute Gasteiger partial charge is 0.474 e. The monoisotopic (exact) mass is 308 g/mol. The number of fused-ring (bicyclic) bond motifs is 1. The lowest BCUT2D eigenvalue weighted by atomic mass is 10.3. The Morgan fingerprint density at radius 1 is 1.55 bits per heavy atom. The fourth-order valence-corrected chi connectivity index (χ4v) is 3.17. The van der Waals surface area contributed by atoms with Crippen molar-refractivity contribution in [2.24, 2.45) is 0 Å². The lowest BCUT2D eigenvalue weighted by Gasteiger charge is -1.97. The van der Waals surface area contributed by atoms with Crippen molar-refractivity contribution in [1.29, 1.82) is 0 Å². The van der Waals surface area contributed by atoms with Crippen LogP contribution in [0.4, 0.5) is 0 Å². The van der Waals surface area contributed by atoms with Gasteiger partial charge in [0.2, 0.25) is 5.78 Å². The Hall–Kier alpha value is -1.92. The average molecular weight is 309 g/mol. The van der Waals surface area contributed by atoms with Crippen LogP contribution >= 0.6 is 22.9 Å². The highest BCUT2D eigenvalue weighted by Crippen LogP contribution is 2.23. The molecular formula is C13H11ClN3O2S+. The van der Waals surface area contributed by atoms with Gasteiger partial charge in [-0.25, -0.2) is 9.55 Å². The van der Waals surface area contributed by atoms with Gasteiger partial charge < -0.3 is 5.11 Å². The topological polar surface area (TPSA) is 59.2 Å². The first kappa shape index (κ1) is 13.1. The third kappa shape index (κ3) is 2.07. The number of rotatable bonds is 3. The van der Waals surface area contributed by atoms with Gasteiger partial charge in [0.1, 0.15) is 6.54 Å². The van der Waals surface area contributed by atoms with Crippen LogP contribution in [0.2, 0.25) is 4.47 Å². The Morgan fingerprint density at radius 3 is 3.00 bits per heavy atom. The van der Waals surface area contributed by atoms with Crippen molar-refractivity contribution in [2.75, 3.05) is 0 Å². The lowest BCUT2D eigenvalue weighted by molar-refractivity contribution is -0.521. The van der Waals surface area contributed by atoms with Gasteiger partial charge in [0.15, 0.2) is 4.47 Å². The molecule has 0 atom stereocenters. The molecule has 0 unspecified atom stereocenters. The summed E-state index contributed by atoms with van der Waals surface area (Å²) in [6.07, 6.45) is 3.39. The van der Waals surface area contributed by atoms with Crippen molar-refractivity contribution < 1.29 is 14.3 Å². The van der Waals surface area contributed by atoms with E-state index in [1.807, 2.05) is 12.1 Å². The Balaban J connectivity index is 2.22. The molecule has 1 N–H and O–H groups in total. The summed E-state index contributed by atoms with van der Waals surface area (Å²) >= 11 is 7.18. The first-order valence-corrected chi connectivity index (χ1v) is 7.10. The number of hydrogen-bond acceptors (Lipinski definition) is 4. The number of aromatic hydroxyl groups is 1. The SMILES string of the molecule is CC(=O)c1c(O)[n+]2ccccc2n1Cc1cnc(Cl)s1. The van der Waals surface area contributed by atoms with Crippen LogP contribution in [0, 0.1) is 0 Å². The molecule has 20 heavy (non-hydrogen) atoms. The maximum Gasteiger partial charge on any atom is 0.339 e. The second kappa shape index (κ2) is 4.88. The minimum absolute atomic E-state index is 0.0521. The molecule has 5 nitrogen and oxygen atoms in total. The molecule has 3 heterocycles. The van der Waals surface area contributed by atoms with Crippen molar-refractivity contribution in [3.63, 3.8) is 0 Å². The Morgan fingerprint density at radius 2 is 2.35 bits per heavy atom. The zero-order valence-electron chi connectivity index (χ0n) is 10.6. The summed E-state index contributed by atoms with van der Waals surface area (Å²) in [6.45, 7) is 1.87. The first-order valence-electron chi connectivity index (χ1n) is 5.91. The van der Waals surface area contributed by atoms with Crippen LogP contribution in [0.15, 0.2) is 30.6 Å². The zero-order valence-corrected chi connectivity index (χ0v) is 12.1. The number of Topliss-reactive ketones (excluding diaryl/α,β-unsaturated/α-hetero) is 1. The van der Waals surface area contributed by atoms with Crippen molar-refractivity contribution in [1.82, 2.24) is 9.55 Å². The molecule has 0 fully saturated rings. The van der Waals surface area contributed by atoms with E-state index in [2.05, 4.69) is 4.98 Å². The number of aromatic nitrogens is 3. The van der Waals surface area contributed by atoms with Gasteiger partial charge in [0.25, 0.3) is 11.3 Å². The van der Waals surface area contributed by atoms with Crippen LogP contribution in [0.25, 0.3) is 5.65 Å². The van der Waals surface area contributed by atoms with Crippen LogP contribution in [0.3, 0.4) is 0 Å². The molecule has 0 radical (unpaired) electrons. The maximum absolute atomic E-state index is 11.8. The van der Waals surface area contributed by atoms with Gasteiger partial charge in [-0.05, 0) is 6.07 Å². The molecule has 0 saturated carbocycles. The molecule has 3 aromatic heterocycles. The number of ketones is 1. The standard InChI is InChI=1S/C13H10ClN3O2S/c1-8(18)11-12(19)16-5-3-2-4-10(16)17(11)7-9-6-15-13(14)20-9/h2-6H,7H2,1H3/p+1. The lowest BCUT2D eigenvalue weighted by Crippen LogP contribution is -2.19. The highest BCUT2D eigenvalue weighted by atomic mass is 35.5. The van der Waals surface area contributed by atoms with Crippen LogP contribution in [-0.4, -0.2) is 20.4 Å². The number of hydrogen-bond donors (Lipinski definition) is 1. The summed E-state index contributed by atoms with van der Waals surface area (Å²) in [5.41, 5.74) is 1.01. The number of carbonyl (C=O) groups excluding carboxylic acids is 1. The molecule has 0 spiro atoms. The summed E-state index contributed by atoms with van der Waals surface area (Å²) in [5.74, 6) is -0.245. The summed E-state index contributed by atoms with van der Waals surface area (Å²) in [7, 11) is 0. The van der Waals surface area contributed by atoms with Crippen molar-refractivity contribution in [3.8, 4) is 5.88 Å². The molecular weight excluding hydrogens is 298 g/mol. The summed E-state index contributed by atoms with van der Waals surface area (Å²) in [4.78, 5) is 16.7. The molecule has 0 aromatic carbocycles. The van der Waals surface area contributed by atoms with Gasteiger partial charge in [-0.15, -0.1) is 11.3 Å². The van der Waals surface area contributed by atoms with Gasteiger partial charge in [-0.3, -0.25) is 4.79 Å². The highest BCUT2D eigenvalue weighted by Gasteiger charge is 2.28. The van der Waals surface area contributed by atoms with E-state index in [-0.39, 0.29) is 17.4 Å². The molecule has 0 aliphatic heterocycles. The summed E-state index contributed by atoms with van der Waals surface area (Å²) in [5, 5.41) is 10.2. The van der Waals surface area contributed by atoms with E-state index < -0.39 is 0 Å². The quantitative estimate of drug-likeness (QED) is 0.596. The number of nitrogens with zero attached hydrogens (tertiary/aromatic N) is 3. The van der Waals surface area contributed by atoms with Gasteiger partial charge in [0, 0.05) is 19.2 Å². The van der Waals surface area contributed by atoms with Crippen molar-refractivity contribution in [2.45, 2.75) is 13.5 Å². The second-order valence-corrected chi connectivity index (χ2v) is 6.02. The van der Waals surface area contributed by atoms with Crippen LogP contribution in [0.1, 0.15) is 22.3 Å². The van der Waals surface area contributed by atoms with E-state index in [1.165, 1.54) is 18.3 Å². The number of halogens is 1. The van der Waals surface area contributed by atoms with Gasteiger partial charge in [0.05, 0.1) is 11.1 Å². The fraction of sp³-hybridized carbons (Fsp3) is 0.154. The minimum atomic E-state index is -0.193. The second-order valence-electron chi connectivity index (χ2n) is 4.32. The van der Waals surface area contributed by atoms with Crippen LogP contribution in [-0.2, 0) is 6.54 Å². The number of pyridine rings is 1. The Kier molecular flexibility index (Phi) is 3.19. The maximum atomic E-state index is 11.8. The average Bonchev–Trinajstić information content (AvgIpc) is 2.94. The predicted molar refractivity (Wildman–Crippen MR) is 75.5 cm³/mol. The third-order valence-corrected chi connectivity index (χ3v) is 4.10. The Labute approximate surface area is 123 Å². The number of imidazole rings is 1. The van der Waals surface area contributed by atoms with E-state index in [0.717, 1.165) is 10.5 Å². The zero-order chi connectivity index (χ0) is 14.3. The summed E-state index contributed by atoms with van der Waals surface area (Å²) in [6, 6.07) is 5.49. The number of carbonyl (C=O) groups is 1.